The Morgan fingerprint density at radius 2 is 2.33 bits per heavy atom. The van der Waals surface area contributed by atoms with E-state index in [0.717, 1.165) is 11.4 Å². The van der Waals surface area contributed by atoms with Gasteiger partial charge in [0.25, 0.3) is 0 Å². The van der Waals surface area contributed by atoms with E-state index in [1.54, 1.807) is 6.20 Å². The molecule has 1 heterocycles. The highest BCUT2D eigenvalue weighted by molar-refractivity contribution is 5.52. The molecule has 4 nitrogen and oxygen atoms in total. The molecule has 0 aromatic carbocycles. The maximum Gasteiger partial charge on any atom is 0.128 e. The van der Waals surface area contributed by atoms with Gasteiger partial charge in [0.05, 0.1) is 24.4 Å². The molecular formula is C11H16N4. The molecule has 0 spiro atoms. The predicted molar refractivity (Wildman–Crippen MR) is 61.5 cm³/mol. The SMILES string of the molecule is Cc1cc(N(C)C(C)CC#N)ncc1N. The molecule has 1 atom stereocenters. The molecule has 15 heavy (non-hydrogen) atoms. The molecule has 0 radical (unpaired) electrons. The second kappa shape index (κ2) is 4.65. The average molecular weight is 204 g/mol. The Morgan fingerprint density at radius 1 is 1.67 bits per heavy atom. The van der Waals surface area contributed by atoms with E-state index in [9.17, 15) is 0 Å². The van der Waals surface area contributed by atoms with E-state index < -0.39 is 0 Å². The van der Waals surface area contributed by atoms with Crippen LogP contribution in [0.2, 0.25) is 0 Å². The fraction of sp³-hybridized carbons (Fsp3) is 0.455. The third kappa shape index (κ3) is 2.59. The topological polar surface area (TPSA) is 65.9 Å². The molecule has 0 amide bonds. The van der Waals surface area contributed by atoms with E-state index in [0.29, 0.717) is 12.1 Å². The summed E-state index contributed by atoms with van der Waals surface area (Å²) in [6, 6.07) is 4.24. The number of nitrogen functional groups attached to an aromatic ring is 1. The number of anilines is 2. The van der Waals surface area contributed by atoms with Gasteiger partial charge in [0.2, 0.25) is 0 Å². The molecule has 0 fully saturated rings. The lowest BCUT2D eigenvalue weighted by molar-refractivity contribution is 0.694. The van der Waals surface area contributed by atoms with Crippen molar-refractivity contribution in [3.63, 3.8) is 0 Å². The van der Waals surface area contributed by atoms with Gasteiger partial charge >= 0.3 is 0 Å². The normalized spacial score (nSPS) is 11.9. The molecule has 4 heteroatoms. The lowest BCUT2D eigenvalue weighted by Crippen LogP contribution is -2.29. The molecule has 80 valence electrons. The van der Waals surface area contributed by atoms with E-state index >= 15 is 0 Å². The molecule has 0 aliphatic rings. The Bertz CT molecular complexity index is 381. The highest BCUT2D eigenvalue weighted by Gasteiger charge is 2.11. The average Bonchev–Trinajstić information content (AvgIpc) is 2.21. The first-order valence-corrected chi connectivity index (χ1v) is 4.88. The van der Waals surface area contributed by atoms with Crippen molar-refractivity contribution < 1.29 is 0 Å². The minimum Gasteiger partial charge on any atom is -0.397 e. The van der Waals surface area contributed by atoms with Crippen LogP contribution in [-0.4, -0.2) is 18.1 Å². The molecule has 0 aliphatic heterocycles. The molecule has 1 unspecified atom stereocenters. The zero-order valence-electron chi connectivity index (χ0n) is 9.36. The Balaban J connectivity index is 2.87. The lowest BCUT2D eigenvalue weighted by atomic mass is 10.2. The van der Waals surface area contributed by atoms with Crippen molar-refractivity contribution in [2.24, 2.45) is 0 Å². The molecule has 1 rings (SSSR count). The summed E-state index contributed by atoms with van der Waals surface area (Å²) in [5.41, 5.74) is 7.39. The van der Waals surface area contributed by atoms with Gasteiger partial charge in [-0.05, 0) is 25.5 Å². The number of nitriles is 1. The number of aryl methyl sites for hydroxylation is 1. The van der Waals surface area contributed by atoms with Crippen LogP contribution >= 0.6 is 0 Å². The van der Waals surface area contributed by atoms with E-state index in [-0.39, 0.29) is 6.04 Å². The first kappa shape index (κ1) is 11.3. The summed E-state index contributed by atoms with van der Waals surface area (Å²) >= 11 is 0. The van der Waals surface area contributed by atoms with Gasteiger partial charge in [-0.3, -0.25) is 0 Å². The maximum atomic E-state index is 8.61. The summed E-state index contributed by atoms with van der Waals surface area (Å²) in [5, 5.41) is 8.61. The van der Waals surface area contributed by atoms with Crippen LogP contribution in [0.1, 0.15) is 18.9 Å². The quantitative estimate of drug-likeness (QED) is 0.814. The van der Waals surface area contributed by atoms with Crippen molar-refractivity contribution >= 4 is 11.5 Å². The Morgan fingerprint density at radius 3 is 2.87 bits per heavy atom. The van der Waals surface area contributed by atoms with Crippen molar-refractivity contribution in [3.8, 4) is 6.07 Å². The van der Waals surface area contributed by atoms with Crippen LogP contribution in [0.4, 0.5) is 11.5 Å². The van der Waals surface area contributed by atoms with Crippen LogP contribution in [-0.2, 0) is 0 Å². The number of rotatable bonds is 3. The summed E-state index contributed by atoms with van der Waals surface area (Å²) in [6.07, 6.45) is 2.14. The molecule has 1 aromatic rings. The second-order valence-corrected chi connectivity index (χ2v) is 3.72. The first-order valence-electron chi connectivity index (χ1n) is 4.88. The fourth-order valence-electron chi connectivity index (χ4n) is 1.24. The number of aromatic nitrogens is 1. The van der Waals surface area contributed by atoms with Crippen LogP contribution in [0, 0.1) is 18.3 Å². The van der Waals surface area contributed by atoms with Gasteiger partial charge in [-0.25, -0.2) is 4.98 Å². The number of pyridine rings is 1. The van der Waals surface area contributed by atoms with Gasteiger partial charge in [0.15, 0.2) is 0 Å². The predicted octanol–water partition coefficient (Wildman–Crippen LogP) is 1.71. The van der Waals surface area contributed by atoms with Gasteiger partial charge in [0.1, 0.15) is 5.82 Å². The summed E-state index contributed by atoms with van der Waals surface area (Å²) in [4.78, 5) is 6.22. The molecule has 0 saturated carbocycles. The van der Waals surface area contributed by atoms with Crippen LogP contribution in [0.3, 0.4) is 0 Å². The minimum atomic E-state index is 0.158. The van der Waals surface area contributed by atoms with Gasteiger partial charge in [-0.1, -0.05) is 0 Å². The molecule has 0 saturated heterocycles. The smallest absolute Gasteiger partial charge is 0.128 e. The molecule has 2 N–H and O–H groups in total. The van der Waals surface area contributed by atoms with Gasteiger partial charge in [0, 0.05) is 13.1 Å². The Kier molecular flexibility index (Phi) is 3.51. The summed E-state index contributed by atoms with van der Waals surface area (Å²) in [6.45, 7) is 3.94. The largest absolute Gasteiger partial charge is 0.397 e. The second-order valence-electron chi connectivity index (χ2n) is 3.72. The van der Waals surface area contributed by atoms with Crippen molar-refractivity contribution in [2.75, 3.05) is 17.7 Å². The number of hydrogen-bond acceptors (Lipinski definition) is 4. The fourth-order valence-corrected chi connectivity index (χ4v) is 1.24. The number of nitrogens with two attached hydrogens (primary N) is 1. The van der Waals surface area contributed by atoms with Crippen LogP contribution < -0.4 is 10.6 Å². The summed E-state index contributed by atoms with van der Waals surface area (Å²) in [5.74, 6) is 0.851. The zero-order valence-corrected chi connectivity index (χ0v) is 9.36. The lowest BCUT2D eigenvalue weighted by Gasteiger charge is -2.24. The van der Waals surface area contributed by atoms with Crippen LogP contribution in [0.5, 0.6) is 0 Å². The van der Waals surface area contributed by atoms with Crippen molar-refractivity contribution in [1.82, 2.24) is 4.98 Å². The number of hydrogen-bond donors (Lipinski definition) is 1. The Labute approximate surface area is 90.3 Å². The van der Waals surface area contributed by atoms with Crippen molar-refractivity contribution in [3.05, 3.63) is 17.8 Å². The highest BCUT2D eigenvalue weighted by atomic mass is 15.2. The van der Waals surface area contributed by atoms with Gasteiger partial charge in [-0.15, -0.1) is 0 Å². The van der Waals surface area contributed by atoms with E-state index in [4.69, 9.17) is 11.0 Å². The molecule has 0 bridgehead atoms. The van der Waals surface area contributed by atoms with E-state index in [1.807, 2.05) is 31.9 Å². The molecule has 0 aliphatic carbocycles. The van der Waals surface area contributed by atoms with E-state index in [2.05, 4.69) is 11.1 Å². The zero-order chi connectivity index (χ0) is 11.4. The minimum absolute atomic E-state index is 0.158. The third-order valence-electron chi connectivity index (χ3n) is 2.55. The third-order valence-corrected chi connectivity index (χ3v) is 2.55. The Hall–Kier alpha value is -1.76. The molecule has 1 aromatic heterocycles. The van der Waals surface area contributed by atoms with E-state index in [1.165, 1.54) is 0 Å². The van der Waals surface area contributed by atoms with Gasteiger partial charge < -0.3 is 10.6 Å². The molecular weight excluding hydrogens is 188 g/mol. The van der Waals surface area contributed by atoms with Crippen molar-refractivity contribution in [1.29, 1.82) is 5.26 Å². The standard InChI is InChI=1S/C11H16N4/c1-8-6-11(14-7-10(8)13)15(3)9(2)4-5-12/h6-7,9H,4,13H2,1-3H3. The van der Waals surface area contributed by atoms with Crippen molar-refractivity contribution in [2.45, 2.75) is 26.3 Å². The highest BCUT2D eigenvalue weighted by Crippen LogP contribution is 2.18. The monoisotopic (exact) mass is 204 g/mol. The summed E-state index contributed by atoms with van der Waals surface area (Å²) in [7, 11) is 1.93. The van der Waals surface area contributed by atoms with Crippen LogP contribution in [0.15, 0.2) is 12.3 Å². The van der Waals surface area contributed by atoms with Crippen LogP contribution in [0.25, 0.3) is 0 Å². The number of nitrogens with zero attached hydrogens (tertiary/aromatic N) is 3. The maximum absolute atomic E-state index is 8.61. The summed E-state index contributed by atoms with van der Waals surface area (Å²) < 4.78 is 0. The van der Waals surface area contributed by atoms with Gasteiger partial charge in [-0.2, -0.15) is 5.26 Å². The first-order chi connectivity index (χ1) is 7.06.